The second kappa shape index (κ2) is 11.1. The molecule has 1 aliphatic heterocycles. The summed E-state index contributed by atoms with van der Waals surface area (Å²) in [4.78, 5) is 14.0. The summed E-state index contributed by atoms with van der Waals surface area (Å²) < 4.78 is 11.2. The number of benzene rings is 1. The van der Waals surface area contributed by atoms with Gasteiger partial charge in [-0.2, -0.15) is 0 Å². The number of carbonyl (C=O) groups is 1. The second-order valence-electron chi connectivity index (χ2n) is 6.78. The molecule has 0 aliphatic carbocycles. The highest BCUT2D eigenvalue weighted by Gasteiger charge is 2.25. The Bertz CT molecular complexity index is 495. The number of rotatable bonds is 9. The molecular weight excluding hydrogens is 316 g/mol. The van der Waals surface area contributed by atoms with Crippen molar-refractivity contribution in [3.8, 4) is 0 Å². The first-order valence-electron chi connectivity index (χ1n) is 9.49. The summed E-state index contributed by atoms with van der Waals surface area (Å²) in [5.41, 5.74) is 1.00. The van der Waals surface area contributed by atoms with Crippen LogP contribution in [-0.2, 0) is 16.1 Å². The highest BCUT2D eigenvalue weighted by atomic mass is 16.6. The minimum atomic E-state index is -0.256. The van der Waals surface area contributed by atoms with E-state index < -0.39 is 0 Å². The molecule has 1 aromatic carbocycles. The Morgan fingerprint density at radius 1 is 1.36 bits per heavy atom. The van der Waals surface area contributed by atoms with Crippen LogP contribution in [0.25, 0.3) is 0 Å². The third kappa shape index (κ3) is 7.45. The molecule has 2 atom stereocenters. The standard InChI is InChI=1S/C20H32N2O3/c1-3-4-6-9-17(2)21-14-19-15-22(12-13-24-19)20(23)25-16-18-10-7-5-8-11-18/h5,7-8,10-11,17,19,21H,3-4,6,9,12-16H2,1-2H3. The van der Waals surface area contributed by atoms with Crippen LogP contribution in [0.5, 0.6) is 0 Å². The molecule has 1 N–H and O–H groups in total. The molecule has 2 rings (SSSR count). The van der Waals surface area contributed by atoms with E-state index in [9.17, 15) is 4.79 Å². The fraction of sp³-hybridized carbons (Fsp3) is 0.650. The van der Waals surface area contributed by atoms with E-state index in [0.29, 0.717) is 32.3 Å². The van der Waals surface area contributed by atoms with Gasteiger partial charge in [-0.1, -0.05) is 56.5 Å². The van der Waals surface area contributed by atoms with E-state index in [-0.39, 0.29) is 12.2 Å². The Morgan fingerprint density at radius 2 is 2.16 bits per heavy atom. The van der Waals surface area contributed by atoms with Crippen LogP contribution in [0.3, 0.4) is 0 Å². The Balaban J connectivity index is 1.68. The molecule has 1 heterocycles. The zero-order chi connectivity index (χ0) is 17.9. The van der Waals surface area contributed by atoms with E-state index in [1.54, 1.807) is 4.90 Å². The molecule has 0 saturated carbocycles. The van der Waals surface area contributed by atoms with Crippen molar-refractivity contribution < 1.29 is 14.3 Å². The van der Waals surface area contributed by atoms with Gasteiger partial charge in [-0.05, 0) is 18.9 Å². The quantitative estimate of drug-likeness (QED) is 0.693. The Morgan fingerprint density at radius 3 is 2.92 bits per heavy atom. The summed E-state index contributed by atoms with van der Waals surface area (Å²) in [6.45, 7) is 7.27. The minimum Gasteiger partial charge on any atom is -0.445 e. The van der Waals surface area contributed by atoms with Crippen molar-refractivity contribution in [2.45, 2.75) is 58.3 Å². The predicted octanol–water partition coefficient (Wildman–Crippen LogP) is 3.58. The molecule has 0 spiro atoms. The molecule has 0 aromatic heterocycles. The number of nitrogens with zero attached hydrogens (tertiary/aromatic N) is 1. The van der Waals surface area contributed by atoms with Crippen molar-refractivity contribution in [3.05, 3.63) is 35.9 Å². The molecule has 1 aromatic rings. The van der Waals surface area contributed by atoms with Gasteiger partial charge in [0.2, 0.25) is 0 Å². The van der Waals surface area contributed by atoms with Gasteiger partial charge in [-0.25, -0.2) is 4.79 Å². The lowest BCUT2D eigenvalue weighted by atomic mass is 10.1. The van der Waals surface area contributed by atoms with Crippen molar-refractivity contribution >= 4 is 6.09 Å². The number of carbonyl (C=O) groups excluding carboxylic acids is 1. The molecule has 0 radical (unpaired) electrons. The lowest BCUT2D eigenvalue weighted by molar-refractivity contribution is -0.0279. The van der Waals surface area contributed by atoms with Crippen LogP contribution >= 0.6 is 0 Å². The third-order valence-corrected chi connectivity index (χ3v) is 4.54. The van der Waals surface area contributed by atoms with Crippen molar-refractivity contribution in [3.63, 3.8) is 0 Å². The Hall–Kier alpha value is -1.59. The predicted molar refractivity (Wildman–Crippen MR) is 99.5 cm³/mol. The first-order valence-corrected chi connectivity index (χ1v) is 9.49. The van der Waals surface area contributed by atoms with Gasteiger partial charge in [0.05, 0.1) is 19.3 Å². The molecule has 5 nitrogen and oxygen atoms in total. The van der Waals surface area contributed by atoms with Crippen LogP contribution in [-0.4, -0.2) is 49.4 Å². The zero-order valence-corrected chi connectivity index (χ0v) is 15.6. The average Bonchev–Trinajstić information content (AvgIpc) is 2.66. The van der Waals surface area contributed by atoms with Crippen molar-refractivity contribution in [1.82, 2.24) is 10.2 Å². The maximum atomic E-state index is 12.3. The van der Waals surface area contributed by atoms with E-state index in [0.717, 1.165) is 12.1 Å². The third-order valence-electron chi connectivity index (χ3n) is 4.54. The van der Waals surface area contributed by atoms with Crippen LogP contribution in [0.1, 0.15) is 45.1 Å². The monoisotopic (exact) mass is 348 g/mol. The van der Waals surface area contributed by atoms with Crippen LogP contribution in [0.15, 0.2) is 30.3 Å². The maximum Gasteiger partial charge on any atom is 0.410 e. The van der Waals surface area contributed by atoms with Gasteiger partial charge in [-0.15, -0.1) is 0 Å². The average molecular weight is 348 g/mol. The van der Waals surface area contributed by atoms with Crippen LogP contribution in [0.2, 0.25) is 0 Å². The van der Waals surface area contributed by atoms with Gasteiger partial charge < -0.3 is 19.7 Å². The molecule has 1 saturated heterocycles. The number of amides is 1. The van der Waals surface area contributed by atoms with E-state index in [1.807, 2.05) is 30.3 Å². The second-order valence-corrected chi connectivity index (χ2v) is 6.78. The van der Waals surface area contributed by atoms with Crippen LogP contribution < -0.4 is 5.32 Å². The van der Waals surface area contributed by atoms with Gasteiger partial charge in [0.15, 0.2) is 0 Å². The van der Waals surface area contributed by atoms with Gasteiger partial charge in [0.25, 0.3) is 0 Å². The normalized spacial score (nSPS) is 18.8. The molecule has 1 amide bonds. The van der Waals surface area contributed by atoms with Gasteiger partial charge >= 0.3 is 6.09 Å². The van der Waals surface area contributed by atoms with Crippen LogP contribution in [0, 0.1) is 0 Å². The van der Waals surface area contributed by atoms with Gasteiger partial charge in [-0.3, -0.25) is 0 Å². The minimum absolute atomic E-state index is 0.0339. The molecule has 2 unspecified atom stereocenters. The first kappa shape index (κ1) is 19.7. The van der Waals surface area contributed by atoms with E-state index in [1.165, 1.54) is 25.7 Å². The molecule has 0 bridgehead atoms. The summed E-state index contributed by atoms with van der Waals surface area (Å²) >= 11 is 0. The van der Waals surface area contributed by atoms with Gasteiger partial charge in [0, 0.05) is 19.1 Å². The number of ether oxygens (including phenoxy) is 2. The SMILES string of the molecule is CCCCCC(C)NCC1CN(C(=O)OCc2ccccc2)CCO1. The summed E-state index contributed by atoms with van der Waals surface area (Å²) in [6.07, 6.45) is 4.75. The number of morpholine rings is 1. The highest BCUT2D eigenvalue weighted by Crippen LogP contribution is 2.09. The molecule has 1 fully saturated rings. The van der Waals surface area contributed by atoms with Crippen molar-refractivity contribution in [2.75, 3.05) is 26.2 Å². The topological polar surface area (TPSA) is 50.8 Å². The zero-order valence-electron chi connectivity index (χ0n) is 15.6. The van der Waals surface area contributed by atoms with Gasteiger partial charge in [0.1, 0.15) is 6.61 Å². The fourth-order valence-electron chi connectivity index (χ4n) is 2.95. The Kier molecular flexibility index (Phi) is 8.77. The summed E-state index contributed by atoms with van der Waals surface area (Å²) in [5, 5.41) is 3.52. The molecular formula is C20H32N2O3. The lowest BCUT2D eigenvalue weighted by Gasteiger charge is -2.33. The van der Waals surface area contributed by atoms with E-state index in [4.69, 9.17) is 9.47 Å². The van der Waals surface area contributed by atoms with Crippen molar-refractivity contribution in [2.24, 2.45) is 0 Å². The smallest absolute Gasteiger partial charge is 0.410 e. The largest absolute Gasteiger partial charge is 0.445 e. The fourth-order valence-corrected chi connectivity index (χ4v) is 2.95. The lowest BCUT2D eigenvalue weighted by Crippen LogP contribution is -2.50. The molecule has 5 heteroatoms. The number of unbranched alkanes of at least 4 members (excludes halogenated alkanes) is 2. The van der Waals surface area contributed by atoms with E-state index in [2.05, 4.69) is 19.2 Å². The van der Waals surface area contributed by atoms with E-state index >= 15 is 0 Å². The van der Waals surface area contributed by atoms with Crippen LogP contribution in [0.4, 0.5) is 4.79 Å². The number of nitrogens with one attached hydrogen (secondary N) is 1. The molecule has 1 aliphatic rings. The Labute approximate surface area is 151 Å². The summed E-state index contributed by atoms with van der Waals surface area (Å²) in [6, 6.07) is 10.2. The maximum absolute atomic E-state index is 12.3. The molecule has 140 valence electrons. The number of hydrogen-bond acceptors (Lipinski definition) is 4. The first-order chi connectivity index (χ1) is 12.2. The van der Waals surface area contributed by atoms with Crippen molar-refractivity contribution in [1.29, 1.82) is 0 Å². The molecule has 25 heavy (non-hydrogen) atoms. The summed E-state index contributed by atoms with van der Waals surface area (Å²) in [7, 11) is 0. The number of hydrogen-bond donors (Lipinski definition) is 1. The highest BCUT2D eigenvalue weighted by molar-refractivity contribution is 5.67. The summed E-state index contributed by atoms with van der Waals surface area (Å²) in [5.74, 6) is 0.